The van der Waals surface area contributed by atoms with E-state index in [2.05, 4.69) is 38.7 Å². The number of aromatic nitrogens is 2. The summed E-state index contributed by atoms with van der Waals surface area (Å²) < 4.78 is 11.9. The standard InChI is InChI=1S/C22H27N5O2/c1-2-11-27(24-10-1)17-5-7-18(8-6-17)29-22-19-4-3-9-23-20(19)16-21(25-22)26-12-14-28-15-13-26/h1-4,9-11,16-18,24H,5-8,12-15H2. The Balaban J connectivity index is 1.32. The van der Waals surface area contributed by atoms with Gasteiger partial charge in [0, 0.05) is 43.8 Å². The Kier molecular flexibility index (Phi) is 5.21. The summed E-state index contributed by atoms with van der Waals surface area (Å²) in [4.78, 5) is 11.7. The Labute approximate surface area is 171 Å². The molecule has 0 aromatic carbocycles. The molecule has 3 aliphatic rings. The first-order chi connectivity index (χ1) is 14.4. The molecule has 0 bridgehead atoms. The minimum Gasteiger partial charge on any atom is -0.474 e. The van der Waals surface area contributed by atoms with Crippen molar-refractivity contribution in [1.29, 1.82) is 0 Å². The highest BCUT2D eigenvalue weighted by molar-refractivity contribution is 5.85. The van der Waals surface area contributed by atoms with E-state index in [0.717, 1.165) is 68.7 Å². The minimum absolute atomic E-state index is 0.186. The maximum Gasteiger partial charge on any atom is 0.225 e. The highest BCUT2D eigenvalue weighted by Crippen LogP contribution is 2.31. The van der Waals surface area contributed by atoms with Gasteiger partial charge in [0.2, 0.25) is 5.88 Å². The summed E-state index contributed by atoms with van der Waals surface area (Å²) in [6.07, 6.45) is 14.4. The molecule has 4 heterocycles. The van der Waals surface area contributed by atoms with Crippen molar-refractivity contribution in [1.82, 2.24) is 20.4 Å². The Bertz CT molecular complexity index is 901. The number of hydrazine groups is 1. The van der Waals surface area contributed by atoms with E-state index in [-0.39, 0.29) is 6.10 Å². The van der Waals surface area contributed by atoms with Gasteiger partial charge in [-0.15, -0.1) is 0 Å². The molecule has 2 aliphatic heterocycles. The Hall–Kier alpha value is -2.80. The van der Waals surface area contributed by atoms with E-state index >= 15 is 0 Å². The SMILES string of the molecule is C1=CNN(C2CCC(Oc3nc(N4CCOCC4)cc4ncccc34)CC2)C=C1. The van der Waals surface area contributed by atoms with E-state index < -0.39 is 0 Å². The maximum absolute atomic E-state index is 6.46. The van der Waals surface area contributed by atoms with Crippen molar-refractivity contribution < 1.29 is 9.47 Å². The molecule has 29 heavy (non-hydrogen) atoms. The smallest absolute Gasteiger partial charge is 0.225 e. The van der Waals surface area contributed by atoms with Gasteiger partial charge in [-0.05, 0) is 50.0 Å². The largest absolute Gasteiger partial charge is 0.474 e. The van der Waals surface area contributed by atoms with Crippen LogP contribution in [0.15, 0.2) is 48.9 Å². The zero-order chi connectivity index (χ0) is 19.5. The molecule has 2 aromatic heterocycles. The van der Waals surface area contributed by atoms with E-state index in [1.165, 1.54) is 0 Å². The number of pyridine rings is 2. The van der Waals surface area contributed by atoms with Gasteiger partial charge >= 0.3 is 0 Å². The second-order valence-corrected chi connectivity index (χ2v) is 7.74. The van der Waals surface area contributed by atoms with Crippen molar-refractivity contribution in [3.63, 3.8) is 0 Å². The van der Waals surface area contributed by atoms with Crippen molar-refractivity contribution in [2.75, 3.05) is 31.2 Å². The molecular formula is C22H27N5O2. The molecule has 2 fully saturated rings. The van der Waals surface area contributed by atoms with Crippen LogP contribution >= 0.6 is 0 Å². The van der Waals surface area contributed by atoms with Crippen LogP contribution in [0.2, 0.25) is 0 Å². The van der Waals surface area contributed by atoms with Crippen molar-refractivity contribution in [2.24, 2.45) is 0 Å². The van der Waals surface area contributed by atoms with Gasteiger partial charge in [0.15, 0.2) is 0 Å². The van der Waals surface area contributed by atoms with Crippen LogP contribution in [0.25, 0.3) is 10.9 Å². The van der Waals surface area contributed by atoms with Crippen LogP contribution in [-0.2, 0) is 4.74 Å². The van der Waals surface area contributed by atoms with Crippen LogP contribution in [0.5, 0.6) is 5.88 Å². The predicted molar refractivity (Wildman–Crippen MR) is 112 cm³/mol. The molecule has 0 amide bonds. The molecule has 0 atom stereocenters. The first-order valence-corrected chi connectivity index (χ1v) is 10.5. The van der Waals surface area contributed by atoms with Crippen molar-refractivity contribution in [2.45, 2.75) is 37.8 Å². The molecule has 0 radical (unpaired) electrons. The summed E-state index contributed by atoms with van der Waals surface area (Å²) in [7, 11) is 0. The lowest BCUT2D eigenvalue weighted by atomic mass is 9.92. The maximum atomic E-state index is 6.46. The molecule has 1 aliphatic carbocycles. The van der Waals surface area contributed by atoms with E-state index in [1.54, 1.807) is 0 Å². The molecule has 0 unspecified atom stereocenters. The lowest BCUT2D eigenvalue weighted by Crippen LogP contribution is -2.43. The molecule has 5 rings (SSSR count). The molecular weight excluding hydrogens is 366 g/mol. The van der Waals surface area contributed by atoms with Gasteiger partial charge in [-0.1, -0.05) is 0 Å². The number of hydrogen-bond acceptors (Lipinski definition) is 7. The average Bonchev–Trinajstić information content (AvgIpc) is 2.81. The minimum atomic E-state index is 0.186. The van der Waals surface area contributed by atoms with Gasteiger partial charge in [0.05, 0.1) is 24.1 Å². The van der Waals surface area contributed by atoms with E-state index in [0.29, 0.717) is 11.9 Å². The van der Waals surface area contributed by atoms with Gasteiger partial charge in [-0.3, -0.25) is 9.99 Å². The Morgan fingerprint density at radius 1 is 1.10 bits per heavy atom. The third-order valence-corrected chi connectivity index (χ3v) is 5.88. The van der Waals surface area contributed by atoms with E-state index in [4.69, 9.17) is 14.5 Å². The second kappa shape index (κ2) is 8.29. The topological polar surface area (TPSA) is 62.8 Å². The summed E-state index contributed by atoms with van der Waals surface area (Å²) in [6.45, 7) is 3.16. The molecule has 7 heteroatoms. The third-order valence-electron chi connectivity index (χ3n) is 5.88. The zero-order valence-corrected chi connectivity index (χ0v) is 16.5. The van der Waals surface area contributed by atoms with Crippen LogP contribution < -0.4 is 15.1 Å². The molecule has 7 nitrogen and oxygen atoms in total. The number of anilines is 1. The van der Waals surface area contributed by atoms with Crippen LogP contribution in [0.1, 0.15) is 25.7 Å². The molecule has 152 valence electrons. The second-order valence-electron chi connectivity index (χ2n) is 7.74. The number of morpholine rings is 1. The Morgan fingerprint density at radius 3 is 2.76 bits per heavy atom. The molecule has 1 saturated carbocycles. The predicted octanol–water partition coefficient (Wildman–Crippen LogP) is 3.00. The first-order valence-electron chi connectivity index (χ1n) is 10.5. The summed E-state index contributed by atoms with van der Waals surface area (Å²) in [5.41, 5.74) is 4.24. The monoisotopic (exact) mass is 393 g/mol. The number of nitrogens with zero attached hydrogens (tertiary/aromatic N) is 4. The van der Waals surface area contributed by atoms with Crippen LogP contribution in [0, 0.1) is 0 Å². The average molecular weight is 393 g/mol. The quantitative estimate of drug-likeness (QED) is 0.857. The van der Waals surface area contributed by atoms with Crippen molar-refractivity contribution in [3.05, 3.63) is 48.9 Å². The molecule has 1 N–H and O–H groups in total. The summed E-state index contributed by atoms with van der Waals surface area (Å²) >= 11 is 0. The van der Waals surface area contributed by atoms with Crippen LogP contribution in [0.3, 0.4) is 0 Å². The lowest BCUT2D eigenvalue weighted by Gasteiger charge is -2.36. The number of hydrogen-bond donors (Lipinski definition) is 1. The van der Waals surface area contributed by atoms with Gasteiger partial charge in [0.25, 0.3) is 0 Å². The summed E-state index contributed by atoms with van der Waals surface area (Å²) in [6, 6.07) is 6.56. The molecule has 2 aromatic rings. The third kappa shape index (κ3) is 4.00. The fourth-order valence-electron chi connectivity index (χ4n) is 4.27. The number of allylic oxidation sites excluding steroid dienone is 2. The highest BCUT2D eigenvalue weighted by atomic mass is 16.5. The number of fused-ring (bicyclic) bond motifs is 1. The van der Waals surface area contributed by atoms with Gasteiger partial charge in [-0.2, -0.15) is 4.98 Å². The highest BCUT2D eigenvalue weighted by Gasteiger charge is 2.27. The molecule has 1 saturated heterocycles. The summed E-state index contributed by atoms with van der Waals surface area (Å²) in [5, 5.41) is 3.18. The van der Waals surface area contributed by atoms with Crippen LogP contribution in [0.4, 0.5) is 5.82 Å². The molecule has 0 spiro atoms. The number of ether oxygens (including phenoxy) is 2. The van der Waals surface area contributed by atoms with Gasteiger partial charge in [0.1, 0.15) is 11.9 Å². The summed E-state index contributed by atoms with van der Waals surface area (Å²) in [5.74, 6) is 1.64. The first kappa shape index (κ1) is 18.2. The normalized spacial score (nSPS) is 24.6. The van der Waals surface area contributed by atoms with Crippen LogP contribution in [-0.4, -0.2) is 53.4 Å². The van der Waals surface area contributed by atoms with Crippen molar-refractivity contribution >= 4 is 16.7 Å². The van der Waals surface area contributed by atoms with E-state index in [1.807, 2.05) is 30.6 Å². The number of rotatable bonds is 4. The zero-order valence-electron chi connectivity index (χ0n) is 16.5. The van der Waals surface area contributed by atoms with Gasteiger partial charge < -0.3 is 19.8 Å². The van der Waals surface area contributed by atoms with Gasteiger partial charge in [-0.25, -0.2) is 0 Å². The van der Waals surface area contributed by atoms with E-state index in [9.17, 15) is 0 Å². The fraction of sp³-hybridized carbons (Fsp3) is 0.455. The fourth-order valence-corrected chi connectivity index (χ4v) is 4.27. The lowest BCUT2D eigenvalue weighted by molar-refractivity contribution is 0.0936. The Morgan fingerprint density at radius 2 is 1.97 bits per heavy atom. The number of nitrogens with one attached hydrogen (secondary N) is 1. The van der Waals surface area contributed by atoms with Crippen molar-refractivity contribution in [3.8, 4) is 5.88 Å².